The summed E-state index contributed by atoms with van der Waals surface area (Å²) < 4.78 is 4.54. The zero-order valence-electron chi connectivity index (χ0n) is 4.73. The number of hydrogen-bond acceptors (Lipinski definition) is 2. The molecule has 0 unspecified atom stereocenters. The van der Waals surface area contributed by atoms with Gasteiger partial charge >= 0.3 is 6.09 Å². The minimum Gasteiger partial charge on any atom is -0.445 e. The van der Waals surface area contributed by atoms with Crippen molar-refractivity contribution in [3.8, 4) is 0 Å². The van der Waals surface area contributed by atoms with E-state index in [9.17, 15) is 4.79 Å². The van der Waals surface area contributed by atoms with Crippen molar-refractivity contribution in [3.05, 3.63) is 0 Å². The van der Waals surface area contributed by atoms with E-state index in [0.717, 1.165) is 0 Å². The first-order chi connectivity index (χ1) is 3.81. The van der Waals surface area contributed by atoms with Gasteiger partial charge < -0.3 is 10.1 Å². The third-order valence-corrected chi connectivity index (χ3v) is 0.743. The van der Waals surface area contributed by atoms with Gasteiger partial charge in [-0.2, -0.15) is 0 Å². The average molecular weight is 136 g/mol. The predicted octanol–water partition coefficient (Wildman–Crippen LogP) is -0.646. The molecule has 1 amide bonds. The fourth-order valence-electron chi connectivity index (χ4n) is 0.216. The van der Waals surface area contributed by atoms with Gasteiger partial charge in [-0.15, -0.1) is 0 Å². The maximum atomic E-state index is 10.2. The van der Waals surface area contributed by atoms with E-state index in [1.54, 1.807) is 0 Å². The molecule has 0 aliphatic heterocycles. The minimum absolute atomic E-state index is 0.386. The molecule has 0 aromatic rings. The number of amides is 1. The molecule has 0 saturated carbocycles. The summed E-state index contributed by atoms with van der Waals surface area (Å²) in [5.74, 6) is 0.674. The van der Waals surface area contributed by atoms with Crippen LogP contribution in [-0.2, 0) is 17.4 Å². The molecule has 0 heterocycles. The molecule has 3 nitrogen and oxygen atoms in total. The Hall–Kier alpha value is -0.380. The Morgan fingerprint density at radius 1 is 1.88 bits per heavy atom. The molecule has 0 saturated heterocycles. The van der Waals surface area contributed by atoms with E-state index in [1.807, 2.05) is 0 Å². The molecule has 0 aliphatic rings. The first-order valence-electron chi connectivity index (χ1n) is 2.30. The first kappa shape index (κ1) is 7.62. The highest BCUT2D eigenvalue weighted by atomic mass is 32.1. The summed E-state index contributed by atoms with van der Waals surface area (Å²) in [7, 11) is 1.52. The Kier molecular flexibility index (Phi) is 4.54. The molecule has 0 spiro atoms. The largest absolute Gasteiger partial charge is 0.445 e. The molecule has 0 aliphatic carbocycles. The van der Waals surface area contributed by atoms with E-state index in [-0.39, 0.29) is 6.09 Å². The van der Waals surface area contributed by atoms with Crippen LogP contribution in [0.25, 0.3) is 0 Å². The molecular weight excluding hydrogens is 126 g/mol. The molecule has 8 heavy (non-hydrogen) atoms. The zero-order chi connectivity index (χ0) is 6.41. The Labute approximate surface area is 53.8 Å². The minimum atomic E-state index is -0.386. The molecule has 0 aromatic carbocycles. The molecule has 0 atom stereocenters. The molecule has 0 radical (unpaired) electrons. The second-order valence-electron chi connectivity index (χ2n) is 1.14. The SMILES string of the molecule is CNC(=O)OCC[SH2+]. The number of carbonyl (C=O) groups excluding carboxylic acids is 1. The van der Waals surface area contributed by atoms with Gasteiger partial charge in [0.2, 0.25) is 0 Å². The van der Waals surface area contributed by atoms with Crippen molar-refractivity contribution < 1.29 is 9.53 Å². The standard InChI is InChI=1S/C4H9NO2S/c1-5-4(6)7-2-3-8/h8H,2-3H2,1H3,(H,5,6)/p+1. The van der Waals surface area contributed by atoms with Crippen LogP contribution in [0.3, 0.4) is 0 Å². The van der Waals surface area contributed by atoms with Crippen LogP contribution in [0.15, 0.2) is 0 Å². The van der Waals surface area contributed by atoms with Crippen molar-refractivity contribution in [3.63, 3.8) is 0 Å². The van der Waals surface area contributed by atoms with Crippen LogP contribution in [0.1, 0.15) is 0 Å². The molecule has 0 bridgehead atoms. The highest BCUT2D eigenvalue weighted by Gasteiger charge is 1.94. The number of ether oxygens (including phenoxy) is 1. The smallest absolute Gasteiger partial charge is 0.407 e. The van der Waals surface area contributed by atoms with Gasteiger partial charge in [-0.25, -0.2) is 4.79 Å². The van der Waals surface area contributed by atoms with E-state index in [0.29, 0.717) is 12.4 Å². The summed E-state index contributed by atoms with van der Waals surface area (Å²) in [5, 5.41) is 2.32. The summed E-state index contributed by atoms with van der Waals surface area (Å²) in [6.07, 6.45) is -0.386. The number of rotatable bonds is 2. The van der Waals surface area contributed by atoms with Gasteiger partial charge in [0.05, 0.1) is 0 Å². The lowest BCUT2D eigenvalue weighted by Gasteiger charge is -1.96. The summed E-state index contributed by atoms with van der Waals surface area (Å²) in [6, 6.07) is 0. The predicted molar refractivity (Wildman–Crippen MR) is 35.4 cm³/mol. The Morgan fingerprint density at radius 2 is 2.50 bits per heavy atom. The molecule has 0 aromatic heterocycles. The lowest BCUT2D eigenvalue weighted by atomic mass is 10.8. The van der Waals surface area contributed by atoms with E-state index in [2.05, 4.69) is 22.7 Å². The van der Waals surface area contributed by atoms with Crippen molar-refractivity contribution in [2.75, 3.05) is 19.4 Å². The summed E-state index contributed by atoms with van der Waals surface area (Å²) in [6.45, 7) is 0.413. The molecule has 0 fully saturated rings. The number of alkyl carbamates (subject to hydrolysis) is 1. The third kappa shape index (κ3) is 3.80. The summed E-state index contributed by atoms with van der Waals surface area (Å²) >= 11 is 3.14. The highest BCUT2D eigenvalue weighted by Crippen LogP contribution is 1.72. The van der Waals surface area contributed by atoms with E-state index in [4.69, 9.17) is 0 Å². The molecule has 4 heteroatoms. The monoisotopic (exact) mass is 136 g/mol. The fraction of sp³-hybridized carbons (Fsp3) is 0.750. The second-order valence-corrected chi connectivity index (χ2v) is 1.64. The van der Waals surface area contributed by atoms with Crippen LogP contribution < -0.4 is 5.32 Å². The molecule has 0 rings (SSSR count). The van der Waals surface area contributed by atoms with Crippen molar-refractivity contribution >= 4 is 18.7 Å². The van der Waals surface area contributed by atoms with Gasteiger partial charge in [-0.05, 0) is 12.6 Å². The number of nitrogens with one attached hydrogen (secondary N) is 1. The Morgan fingerprint density at radius 3 is 2.88 bits per heavy atom. The summed E-state index contributed by atoms with van der Waals surface area (Å²) in [4.78, 5) is 10.2. The van der Waals surface area contributed by atoms with E-state index in [1.165, 1.54) is 7.05 Å². The zero-order valence-corrected chi connectivity index (χ0v) is 5.73. The maximum absolute atomic E-state index is 10.2. The van der Waals surface area contributed by atoms with Crippen LogP contribution in [0.2, 0.25) is 0 Å². The maximum Gasteiger partial charge on any atom is 0.407 e. The summed E-state index contributed by atoms with van der Waals surface area (Å²) in [5.41, 5.74) is 0. The Bertz CT molecular complexity index is 76.4. The van der Waals surface area contributed by atoms with Gasteiger partial charge in [0.25, 0.3) is 0 Å². The topological polar surface area (TPSA) is 38.3 Å². The van der Waals surface area contributed by atoms with Crippen LogP contribution in [0.5, 0.6) is 0 Å². The van der Waals surface area contributed by atoms with Gasteiger partial charge in [0.1, 0.15) is 12.4 Å². The Balaban J connectivity index is 2.99. The number of carbonyl (C=O) groups is 1. The van der Waals surface area contributed by atoms with Crippen LogP contribution in [0, 0.1) is 0 Å². The lowest BCUT2D eigenvalue weighted by molar-refractivity contribution is 0.155. The van der Waals surface area contributed by atoms with Crippen LogP contribution >= 0.6 is 0 Å². The van der Waals surface area contributed by atoms with Crippen molar-refractivity contribution in [2.24, 2.45) is 0 Å². The van der Waals surface area contributed by atoms with Gasteiger partial charge in [-0.3, -0.25) is 0 Å². The average Bonchev–Trinajstić information content (AvgIpc) is 1.83. The van der Waals surface area contributed by atoms with Gasteiger partial charge in [0.15, 0.2) is 0 Å². The molecule has 48 valence electrons. The fourth-order valence-corrected chi connectivity index (χ4v) is 0.318. The van der Waals surface area contributed by atoms with E-state index < -0.39 is 0 Å². The highest BCUT2D eigenvalue weighted by molar-refractivity contribution is 7.58. The van der Waals surface area contributed by atoms with Crippen LogP contribution in [0.4, 0.5) is 4.79 Å². The first-order valence-corrected chi connectivity index (χ1v) is 3.01. The van der Waals surface area contributed by atoms with E-state index >= 15 is 0 Å². The third-order valence-electron chi connectivity index (χ3n) is 0.539. The number of hydrogen-bond donors (Lipinski definition) is 1. The van der Waals surface area contributed by atoms with Gasteiger partial charge in [-0.1, -0.05) is 0 Å². The van der Waals surface area contributed by atoms with Gasteiger partial charge in [0, 0.05) is 7.05 Å². The molecule has 1 N–H and O–H groups in total. The second kappa shape index (κ2) is 4.77. The van der Waals surface area contributed by atoms with Crippen molar-refractivity contribution in [1.82, 2.24) is 5.32 Å². The van der Waals surface area contributed by atoms with Crippen LogP contribution in [-0.4, -0.2) is 25.5 Å². The molecular formula is C4H10NO2S+. The normalized spacial score (nSPS) is 8.25. The lowest BCUT2D eigenvalue weighted by Crippen LogP contribution is -2.20. The van der Waals surface area contributed by atoms with Crippen molar-refractivity contribution in [2.45, 2.75) is 0 Å². The quantitative estimate of drug-likeness (QED) is 0.512. The van der Waals surface area contributed by atoms with Crippen molar-refractivity contribution in [1.29, 1.82) is 0 Å².